The van der Waals surface area contributed by atoms with E-state index in [2.05, 4.69) is 16.9 Å². The molecule has 0 spiro atoms. The molecular weight excluding hydrogens is 244 g/mol. The molecule has 3 atom stereocenters. The van der Waals surface area contributed by atoms with Gasteiger partial charge in [0.1, 0.15) is 0 Å². The summed E-state index contributed by atoms with van der Waals surface area (Å²) in [7, 11) is 1.36. The van der Waals surface area contributed by atoms with Crippen LogP contribution in [-0.4, -0.2) is 32.1 Å². The summed E-state index contributed by atoms with van der Waals surface area (Å²) in [6.45, 7) is 2.36. The van der Waals surface area contributed by atoms with Crippen molar-refractivity contribution in [2.24, 2.45) is 5.92 Å². The van der Waals surface area contributed by atoms with Crippen molar-refractivity contribution in [1.82, 2.24) is 0 Å². The number of rotatable bonds is 5. The molecule has 0 amide bonds. The molecule has 4 nitrogen and oxygen atoms in total. The first-order valence-corrected chi connectivity index (χ1v) is 6.59. The predicted octanol–water partition coefficient (Wildman–Crippen LogP) is 2.17. The highest BCUT2D eigenvalue weighted by Crippen LogP contribution is 2.26. The van der Waals surface area contributed by atoms with Crippen molar-refractivity contribution in [2.45, 2.75) is 32.2 Å². The van der Waals surface area contributed by atoms with Gasteiger partial charge in [0.05, 0.1) is 13.7 Å². The Bertz CT molecular complexity index is 404. The van der Waals surface area contributed by atoms with Gasteiger partial charge in [0.15, 0.2) is 12.4 Å². The Balaban J connectivity index is 1.92. The van der Waals surface area contributed by atoms with E-state index in [1.54, 1.807) is 6.92 Å². The topological polar surface area (TPSA) is 44.8 Å². The summed E-state index contributed by atoms with van der Waals surface area (Å²) in [6, 6.07) is 10.2. The maximum atomic E-state index is 11.4. The van der Waals surface area contributed by atoms with Gasteiger partial charge in [-0.2, -0.15) is 0 Å². The molecule has 0 radical (unpaired) electrons. The number of hydrogen-bond donors (Lipinski definition) is 0. The van der Waals surface area contributed by atoms with E-state index in [9.17, 15) is 4.79 Å². The molecule has 1 saturated heterocycles. The van der Waals surface area contributed by atoms with E-state index in [1.165, 1.54) is 12.7 Å². The highest BCUT2D eigenvalue weighted by molar-refractivity contribution is 5.73. The summed E-state index contributed by atoms with van der Waals surface area (Å²) < 4.78 is 15.9. The lowest BCUT2D eigenvalue weighted by molar-refractivity contribution is -0.184. The summed E-state index contributed by atoms with van der Waals surface area (Å²) in [6.07, 6.45) is 0.938. The van der Waals surface area contributed by atoms with Gasteiger partial charge < -0.3 is 14.2 Å². The van der Waals surface area contributed by atoms with Crippen molar-refractivity contribution in [3.05, 3.63) is 35.9 Å². The molecule has 0 aromatic heterocycles. The third-order valence-corrected chi connectivity index (χ3v) is 3.37. The number of carbonyl (C=O) groups excluding carboxylic acids is 1. The first-order chi connectivity index (χ1) is 9.20. The number of hydrogen-bond acceptors (Lipinski definition) is 4. The molecule has 19 heavy (non-hydrogen) atoms. The highest BCUT2D eigenvalue weighted by atomic mass is 16.7. The number of benzene rings is 1. The van der Waals surface area contributed by atoms with E-state index >= 15 is 0 Å². The number of carbonyl (C=O) groups is 1. The maximum absolute atomic E-state index is 11.4. The Morgan fingerprint density at radius 2 is 2.16 bits per heavy atom. The Hall–Kier alpha value is -1.39. The molecule has 1 fully saturated rings. The van der Waals surface area contributed by atoms with Gasteiger partial charge in [-0.3, -0.25) is 0 Å². The van der Waals surface area contributed by atoms with Crippen LogP contribution < -0.4 is 0 Å². The van der Waals surface area contributed by atoms with Gasteiger partial charge in [-0.25, -0.2) is 4.79 Å². The monoisotopic (exact) mass is 264 g/mol. The van der Waals surface area contributed by atoms with Crippen LogP contribution in [0.2, 0.25) is 0 Å². The van der Waals surface area contributed by atoms with Crippen molar-refractivity contribution in [3.8, 4) is 0 Å². The van der Waals surface area contributed by atoms with Crippen LogP contribution in [-0.2, 0) is 25.4 Å². The van der Waals surface area contributed by atoms with E-state index in [0.29, 0.717) is 6.61 Å². The summed E-state index contributed by atoms with van der Waals surface area (Å²) in [4.78, 5) is 11.4. The van der Waals surface area contributed by atoms with Gasteiger partial charge in [-0.15, -0.1) is 0 Å². The minimum absolute atomic E-state index is 0.287. The molecule has 1 aromatic rings. The quantitative estimate of drug-likeness (QED) is 0.765. The van der Waals surface area contributed by atoms with Gasteiger partial charge in [-0.05, 0) is 25.3 Å². The zero-order chi connectivity index (χ0) is 13.7. The standard InChI is InChI=1S/C15H20O4/c1-11(14(16)17-2)19-15-13(8-9-18-15)10-12-6-4-3-5-7-12/h3-7,11,13,15H,8-10H2,1-2H3/t11-,13+,15+/m0/s1. The average molecular weight is 264 g/mol. The van der Waals surface area contributed by atoms with E-state index < -0.39 is 6.10 Å². The van der Waals surface area contributed by atoms with Gasteiger partial charge in [0.25, 0.3) is 0 Å². The maximum Gasteiger partial charge on any atom is 0.334 e. The number of methoxy groups -OCH3 is 1. The van der Waals surface area contributed by atoms with E-state index in [1.807, 2.05) is 18.2 Å². The fraction of sp³-hybridized carbons (Fsp3) is 0.533. The molecule has 1 aliphatic rings. The Labute approximate surface area is 113 Å². The highest BCUT2D eigenvalue weighted by Gasteiger charge is 2.32. The molecule has 0 N–H and O–H groups in total. The van der Waals surface area contributed by atoms with Crippen molar-refractivity contribution >= 4 is 5.97 Å². The molecule has 0 bridgehead atoms. The lowest BCUT2D eigenvalue weighted by Crippen LogP contribution is -2.31. The third-order valence-electron chi connectivity index (χ3n) is 3.37. The lowest BCUT2D eigenvalue weighted by atomic mass is 9.97. The van der Waals surface area contributed by atoms with Gasteiger partial charge >= 0.3 is 5.97 Å². The van der Waals surface area contributed by atoms with Crippen LogP contribution >= 0.6 is 0 Å². The third kappa shape index (κ3) is 3.78. The molecule has 1 heterocycles. The molecule has 0 saturated carbocycles. The Kier molecular flexibility index (Phi) is 4.93. The molecular formula is C15H20O4. The molecule has 4 heteroatoms. The van der Waals surface area contributed by atoms with Crippen LogP contribution in [0.3, 0.4) is 0 Å². The Morgan fingerprint density at radius 1 is 1.42 bits per heavy atom. The zero-order valence-electron chi connectivity index (χ0n) is 11.4. The van der Waals surface area contributed by atoms with E-state index in [0.717, 1.165) is 12.8 Å². The summed E-state index contributed by atoms with van der Waals surface area (Å²) in [5.41, 5.74) is 1.26. The van der Waals surface area contributed by atoms with Crippen LogP contribution in [0.25, 0.3) is 0 Å². The smallest absolute Gasteiger partial charge is 0.334 e. The van der Waals surface area contributed by atoms with Gasteiger partial charge in [0.2, 0.25) is 0 Å². The SMILES string of the molecule is COC(=O)[C@H](C)O[C@H]1OCC[C@@H]1Cc1ccccc1. The van der Waals surface area contributed by atoms with Crippen LogP contribution in [0.5, 0.6) is 0 Å². The van der Waals surface area contributed by atoms with Crippen molar-refractivity contribution in [1.29, 1.82) is 0 Å². The van der Waals surface area contributed by atoms with Gasteiger partial charge in [-0.1, -0.05) is 30.3 Å². The van der Waals surface area contributed by atoms with Crippen LogP contribution in [0.1, 0.15) is 18.9 Å². The number of esters is 1. The molecule has 2 rings (SSSR count). The van der Waals surface area contributed by atoms with Crippen molar-refractivity contribution in [3.63, 3.8) is 0 Å². The van der Waals surface area contributed by atoms with Crippen LogP contribution in [0.4, 0.5) is 0 Å². The Morgan fingerprint density at radius 3 is 2.84 bits per heavy atom. The molecule has 1 aliphatic heterocycles. The second-order valence-corrected chi connectivity index (χ2v) is 4.78. The molecule has 104 valence electrons. The molecule has 0 aliphatic carbocycles. The first-order valence-electron chi connectivity index (χ1n) is 6.59. The largest absolute Gasteiger partial charge is 0.467 e. The summed E-state index contributed by atoms with van der Waals surface area (Å²) in [5.74, 6) is -0.0801. The van der Waals surface area contributed by atoms with Crippen molar-refractivity contribution < 1.29 is 19.0 Å². The van der Waals surface area contributed by atoms with Crippen LogP contribution in [0.15, 0.2) is 30.3 Å². The second kappa shape index (κ2) is 6.68. The lowest BCUT2D eigenvalue weighted by Gasteiger charge is -2.22. The minimum Gasteiger partial charge on any atom is -0.467 e. The summed E-state index contributed by atoms with van der Waals surface area (Å²) in [5, 5.41) is 0. The first kappa shape index (κ1) is 14.0. The van der Waals surface area contributed by atoms with E-state index in [-0.39, 0.29) is 18.2 Å². The molecule has 1 aromatic carbocycles. The van der Waals surface area contributed by atoms with Gasteiger partial charge in [0, 0.05) is 5.92 Å². The normalized spacial score (nSPS) is 24.1. The molecule has 0 unspecified atom stereocenters. The fourth-order valence-electron chi connectivity index (χ4n) is 2.30. The second-order valence-electron chi connectivity index (χ2n) is 4.78. The zero-order valence-corrected chi connectivity index (χ0v) is 11.4. The van der Waals surface area contributed by atoms with Crippen LogP contribution in [0, 0.1) is 5.92 Å². The average Bonchev–Trinajstić information content (AvgIpc) is 2.86. The number of ether oxygens (including phenoxy) is 3. The van der Waals surface area contributed by atoms with Crippen molar-refractivity contribution in [2.75, 3.05) is 13.7 Å². The summed E-state index contributed by atoms with van der Waals surface area (Å²) >= 11 is 0. The minimum atomic E-state index is -0.591. The fourth-order valence-corrected chi connectivity index (χ4v) is 2.30. The predicted molar refractivity (Wildman–Crippen MR) is 70.6 cm³/mol. The van der Waals surface area contributed by atoms with E-state index in [4.69, 9.17) is 9.47 Å².